The summed E-state index contributed by atoms with van der Waals surface area (Å²) in [4.78, 5) is 10.7. The SMILES string of the molecule is C=CCN(CC(=O)O)S(=O)(=O)c1ccc(Cl)cc1. The monoisotopic (exact) mass is 289 g/mol. The largest absolute Gasteiger partial charge is 0.480 e. The van der Waals surface area contributed by atoms with E-state index >= 15 is 0 Å². The van der Waals surface area contributed by atoms with E-state index in [0.29, 0.717) is 5.02 Å². The maximum absolute atomic E-state index is 12.1. The molecule has 0 radical (unpaired) electrons. The summed E-state index contributed by atoms with van der Waals surface area (Å²) in [6.07, 6.45) is 1.33. The van der Waals surface area contributed by atoms with Crippen LogP contribution in [0.2, 0.25) is 5.02 Å². The van der Waals surface area contributed by atoms with Gasteiger partial charge in [-0.15, -0.1) is 6.58 Å². The minimum absolute atomic E-state index is 0.00463. The van der Waals surface area contributed by atoms with Crippen molar-refractivity contribution in [1.82, 2.24) is 4.31 Å². The second-order valence-electron chi connectivity index (χ2n) is 3.43. The van der Waals surface area contributed by atoms with Gasteiger partial charge in [0.1, 0.15) is 6.54 Å². The zero-order valence-corrected chi connectivity index (χ0v) is 11.0. The molecule has 1 rings (SSSR count). The number of sulfonamides is 1. The van der Waals surface area contributed by atoms with Crippen molar-refractivity contribution in [3.8, 4) is 0 Å². The van der Waals surface area contributed by atoms with Crippen LogP contribution in [0.5, 0.6) is 0 Å². The molecule has 1 aromatic rings. The lowest BCUT2D eigenvalue weighted by Gasteiger charge is -2.18. The lowest BCUT2D eigenvalue weighted by Crippen LogP contribution is -2.35. The maximum atomic E-state index is 12.1. The first kappa shape index (κ1) is 14.7. The van der Waals surface area contributed by atoms with Gasteiger partial charge in [-0.2, -0.15) is 4.31 Å². The summed E-state index contributed by atoms with van der Waals surface area (Å²) in [6.45, 7) is 2.72. The maximum Gasteiger partial charge on any atom is 0.318 e. The van der Waals surface area contributed by atoms with Gasteiger partial charge in [0.05, 0.1) is 4.90 Å². The molecular formula is C11H12ClNO4S. The van der Waals surface area contributed by atoms with Gasteiger partial charge in [0, 0.05) is 11.6 Å². The third-order valence-corrected chi connectivity index (χ3v) is 4.17. The van der Waals surface area contributed by atoms with Crippen LogP contribution in [0.1, 0.15) is 0 Å². The van der Waals surface area contributed by atoms with E-state index < -0.39 is 22.5 Å². The second kappa shape index (κ2) is 5.99. The molecule has 1 N–H and O–H groups in total. The van der Waals surface area contributed by atoms with E-state index in [0.717, 1.165) is 4.31 Å². The van der Waals surface area contributed by atoms with E-state index in [2.05, 4.69) is 6.58 Å². The fraction of sp³-hybridized carbons (Fsp3) is 0.182. The van der Waals surface area contributed by atoms with Crippen molar-refractivity contribution in [2.45, 2.75) is 4.90 Å². The topological polar surface area (TPSA) is 74.7 Å². The van der Waals surface area contributed by atoms with E-state index in [-0.39, 0.29) is 11.4 Å². The molecule has 0 amide bonds. The number of carbonyl (C=O) groups is 1. The summed E-state index contributed by atoms with van der Waals surface area (Å²) in [5.74, 6) is -1.23. The van der Waals surface area contributed by atoms with Crippen molar-refractivity contribution < 1.29 is 18.3 Å². The van der Waals surface area contributed by atoms with E-state index in [1.807, 2.05) is 0 Å². The minimum Gasteiger partial charge on any atom is -0.480 e. The molecule has 0 atom stereocenters. The predicted octanol–water partition coefficient (Wildman–Crippen LogP) is 1.60. The molecule has 1 aromatic carbocycles. The Hall–Kier alpha value is -1.37. The van der Waals surface area contributed by atoms with Crippen LogP contribution in [0.25, 0.3) is 0 Å². The van der Waals surface area contributed by atoms with Crippen LogP contribution in [0.3, 0.4) is 0 Å². The molecule has 0 aliphatic carbocycles. The summed E-state index contributed by atoms with van der Waals surface area (Å²) >= 11 is 5.67. The van der Waals surface area contributed by atoms with Crippen LogP contribution in [0, 0.1) is 0 Å². The van der Waals surface area contributed by atoms with Crippen LogP contribution in [-0.2, 0) is 14.8 Å². The third kappa shape index (κ3) is 3.56. The van der Waals surface area contributed by atoms with Crippen LogP contribution >= 0.6 is 11.6 Å². The summed E-state index contributed by atoms with van der Waals surface area (Å²) in [5.41, 5.74) is 0. The van der Waals surface area contributed by atoms with Crippen molar-refractivity contribution in [3.05, 3.63) is 41.9 Å². The van der Waals surface area contributed by atoms with E-state index in [1.165, 1.54) is 30.3 Å². The highest BCUT2D eigenvalue weighted by Gasteiger charge is 2.25. The van der Waals surface area contributed by atoms with Gasteiger partial charge < -0.3 is 5.11 Å². The zero-order valence-electron chi connectivity index (χ0n) is 9.41. The summed E-state index contributed by atoms with van der Waals surface area (Å²) in [5, 5.41) is 9.11. The molecule has 7 heteroatoms. The Balaban J connectivity index is 3.11. The number of carboxylic acids is 1. The van der Waals surface area contributed by atoms with Gasteiger partial charge in [0.2, 0.25) is 10.0 Å². The Labute approximate surface area is 110 Å². The molecule has 0 aliphatic heterocycles. The highest BCUT2D eigenvalue weighted by atomic mass is 35.5. The van der Waals surface area contributed by atoms with Crippen molar-refractivity contribution in [2.24, 2.45) is 0 Å². The molecule has 0 bridgehead atoms. The molecule has 18 heavy (non-hydrogen) atoms. The number of hydrogen-bond acceptors (Lipinski definition) is 3. The Morgan fingerprint density at radius 1 is 1.39 bits per heavy atom. The second-order valence-corrected chi connectivity index (χ2v) is 5.81. The quantitative estimate of drug-likeness (QED) is 0.807. The average Bonchev–Trinajstić information content (AvgIpc) is 2.28. The predicted molar refractivity (Wildman–Crippen MR) is 68.0 cm³/mol. The molecule has 0 spiro atoms. The van der Waals surface area contributed by atoms with Gasteiger partial charge >= 0.3 is 5.97 Å². The lowest BCUT2D eigenvalue weighted by molar-refractivity contribution is -0.137. The van der Waals surface area contributed by atoms with Crippen molar-refractivity contribution >= 4 is 27.6 Å². The van der Waals surface area contributed by atoms with Gasteiger partial charge in [-0.3, -0.25) is 4.79 Å². The highest BCUT2D eigenvalue weighted by molar-refractivity contribution is 7.89. The lowest BCUT2D eigenvalue weighted by atomic mass is 10.4. The van der Waals surface area contributed by atoms with E-state index in [4.69, 9.17) is 16.7 Å². The smallest absolute Gasteiger partial charge is 0.318 e. The fourth-order valence-corrected chi connectivity index (χ4v) is 2.78. The summed E-state index contributed by atoms with van der Waals surface area (Å²) < 4.78 is 25.1. The normalized spacial score (nSPS) is 11.4. The van der Waals surface area contributed by atoms with Crippen molar-refractivity contribution in [2.75, 3.05) is 13.1 Å². The number of halogens is 1. The summed E-state index contributed by atoms with van der Waals surface area (Å²) in [7, 11) is -3.85. The molecule has 0 aliphatic rings. The first-order chi connectivity index (χ1) is 8.37. The van der Waals surface area contributed by atoms with Crippen LogP contribution in [0.15, 0.2) is 41.8 Å². The molecule has 0 unspecified atom stereocenters. The standard InChI is InChI=1S/C11H12ClNO4S/c1-2-7-13(8-11(14)15)18(16,17)10-5-3-9(12)4-6-10/h2-6H,1,7-8H2,(H,14,15). The fourth-order valence-electron chi connectivity index (χ4n) is 1.30. The highest BCUT2D eigenvalue weighted by Crippen LogP contribution is 2.18. The molecule has 0 saturated heterocycles. The Kier molecular flexibility index (Phi) is 4.89. The van der Waals surface area contributed by atoms with Crippen LogP contribution in [0.4, 0.5) is 0 Å². The number of hydrogen-bond donors (Lipinski definition) is 1. The Bertz CT molecular complexity index is 539. The molecule has 0 heterocycles. The average molecular weight is 290 g/mol. The number of rotatable bonds is 6. The first-order valence-electron chi connectivity index (χ1n) is 4.96. The number of nitrogens with zero attached hydrogens (tertiary/aromatic N) is 1. The molecule has 5 nitrogen and oxygen atoms in total. The van der Waals surface area contributed by atoms with Gasteiger partial charge in [-0.05, 0) is 24.3 Å². The number of aliphatic carboxylic acids is 1. The molecular weight excluding hydrogens is 278 g/mol. The van der Waals surface area contributed by atoms with E-state index in [9.17, 15) is 13.2 Å². The third-order valence-electron chi connectivity index (χ3n) is 2.10. The van der Waals surface area contributed by atoms with E-state index in [1.54, 1.807) is 0 Å². The zero-order chi connectivity index (χ0) is 13.8. The van der Waals surface area contributed by atoms with Crippen molar-refractivity contribution in [1.29, 1.82) is 0 Å². The van der Waals surface area contributed by atoms with Crippen LogP contribution in [-0.4, -0.2) is 36.9 Å². The molecule has 98 valence electrons. The number of benzene rings is 1. The summed E-state index contributed by atoms with van der Waals surface area (Å²) in [6, 6.07) is 5.52. The van der Waals surface area contributed by atoms with Gasteiger partial charge in [-0.25, -0.2) is 8.42 Å². The van der Waals surface area contributed by atoms with Crippen LogP contribution < -0.4 is 0 Å². The molecule has 0 saturated carbocycles. The van der Waals surface area contributed by atoms with Gasteiger partial charge in [-0.1, -0.05) is 17.7 Å². The molecule has 0 aromatic heterocycles. The minimum atomic E-state index is -3.85. The molecule has 0 fully saturated rings. The van der Waals surface area contributed by atoms with Gasteiger partial charge in [0.15, 0.2) is 0 Å². The van der Waals surface area contributed by atoms with Gasteiger partial charge in [0.25, 0.3) is 0 Å². The first-order valence-corrected chi connectivity index (χ1v) is 6.78. The Morgan fingerprint density at radius 2 is 1.94 bits per heavy atom. The number of carboxylic acid groups (broad SMARTS) is 1. The Morgan fingerprint density at radius 3 is 2.39 bits per heavy atom. The van der Waals surface area contributed by atoms with Crippen molar-refractivity contribution in [3.63, 3.8) is 0 Å².